The number of likely N-dealkylation sites (N-methyl/N-ethyl adjacent to an activating group) is 1. The van der Waals surface area contributed by atoms with Crippen molar-refractivity contribution in [3.8, 4) is 0 Å². The first-order valence-corrected chi connectivity index (χ1v) is 6.91. The highest BCUT2D eigenvalue weighted by atomic mass is 16.4. The molecule has 2 fully saturated rings. The number of carbonyl (C=O) groups excluding carboxylic acids is 1. The van der Waals surface area contributed by atoms with E-state index in [9.17, 15) is 9.59 Å². The summed E-state index contributed by atoms with van der Waals surface area (Å²) in [6.45, 7) is 2.41. The van der Waals surface area contributed by atoms with Crippen LogP contribution in [0.15, 0.2) is 0 Å². The number of rotatable bonds is 2. The van der Waals surface area contributed by atoms with Gasteiger partial charge in [-0.3, -0.25) is 4.79 Å². The molecule has 2 amide bonds. The third-order valence-electron chi connectivity index (χ3n) is 4.32. The van der Waals surface area contributed by atoms with Crippen LogP contribution in [0.5, 0.6) is 0 Å². The van der Waals surface area contributed by atoms with Gasteiger partial charge in [-0.2, -0.15) is 0 Å². The Balaban J connectivity index is 1.93. The van der Waals surface area contributed by atoms with Crippen LogP contribution in [0.2, 0.25) is 0 Å². The Morgan fingerprint density at radius 3 is 2.74 bits per heavy atom. The van der Waals surface area contributed by atoms with Gasteiger partial charge in [-0.05, 0) is 38.8 Å². The van der Waals surface area contributed by atoms with Crippen LogP contribution in [0.1, 0.15) is 19.3 Å². The van der Waals surface area contributed by atoms with Gasteiger partial charge in [0.25, 0.3) is 0 Å². The van der Waals surface area contributed by atoms with Gasteiger partial charge in [-0.25, -0.2) is 4.79 Å². The van der Waals surface area contributed by atoms with E-state index in [1.54, 1.807) is 7.05 Å². The molecule has 0 aromatic heterocycles. The highest BCUT2D eigenvalue weighted by Crippen LogP contribution is 2.29. The maximum atomic E-state index is 12.2. The molecule has 2 aliphatic heterocycles. The van der Waals surface area contributed by atoms with Gasteiger partial charge in [0.15, 0.2) is 0 Å². The summed E-state index contributed by atoms with van der Waals surface area (Å²) in [6, 6.07) is 0.427. The molecular formula is C13H23N3O3. The maximum Gasteiger partial charge on any atom is 0.323 e. The summed E-state index contributed by atoms with van der Waals surface area (Å²) in [5.74, 6) is -0.433. The molecule has 2 aliphatic rings. The van der Waals surface area contributed by atoms with Gasteiger partial charge >= 0.3 is 12.0 Å². The average Bonchev–Trinajstić information content (AvgIpc) is 2.37. The van der Waals surface area contributed by atoms with E-state index in [4.69, 9.17) is 5.11 Å². The third kappa shape index (κ3) is 3.18. The van der Waals surface area contributed by atoms with E-state index in [0.717, 1.165) is 26.1 Å². The van der Waals surface area contributed by atoms with Gasteiger partial charge in [-0.1, -0.05) is 0 Å². The second-order valence-corrected chi connectivity index (χ2v) is 5.72. The first kappa shape index (κ1) is 14.1. The maximum absolute atomic E-state index is 12.2. The molecule has 19 heavy (non-hydrogen) atoms. The average molecular weight is 269 g/mol. The van der Waals surface area contributed by atoms with E-state index in [0.29, 0.717) is 12.0 Å². The summed E-state index contributed by atoms with van der Waals surface area (Å²) in [6.07, 6.45) is 3.35. The first-order valence-electron chi connectivity index (χ1n) is 6.91. The first-order chi connectivity index (χ1) is 8.99. The number of piperidine rings is 2. The normalized spacial score (nSPS) is 27.8. The topological polar surface area (TPSA) is 64.1 Å². The lowest BCUT2D eigenvalue weighted by Crippen LogP contribution is -2.56. The van der Waals surface area contributed by atoms with Crippen LogP contribution in [-0.4, -0.2) is 78.1 Å². The van der Waals surface area contributed by atoms with Gasteiger partial charge in [0.1, 0.15) is 6.54 Å². The standard InChI is InChI=1S/C13H23N3O3/c1-14-6-3-4-10-8-16(7-5-11(10)14)13(19)15(2)9-12(17)18/h10-11H,3-9H2,1-2H3,(H,17,18). The molecule has 2 unspecified atom stereocenters. The number of aliphatic carboxylic acids is 1. The van der Waals surface area contributed by atoms with Crippen molar-refractivity contribution < 1.29 is 14.7 Å². The second kappa shape index (κ2) is 5.77. The fourth-order valence-corrected chi connectivity index (χ4v) is 3.34. The van der Waals surface area contributed by atoms with Gasteiger partial charge in [0, 0.05) is 26.2 Å². The van der Waals surface area contributed by atoms with Crippen molar-refractivity contribution in [2.45, 2.75) is 25.3 Å². The Bertz CT molecular complexity index is 361. The van der Waals surface area contributed by atoms with Crippen molar-refractivity contribution in [3.63, 3.8) is 0 Å². The van der Waals surface area contributed by atoms with Crippen molar-refractivity contribution in [3.05, 3.63) is 0 Å². The number of amides is 2. The Hall–Kier alpha value is -1.30. The fraction of sp³-hybridized carbons (Fsp3) is 0.846. The van der Waals surface area contributed by atoms with E-state index in [2.05, 4.69) is 11.9 Å². The predicted octanol–water partition coefficient (Wildman–Crippen LogP) is 0.539. The van der Waals surface area contributed by atoms with E-state index >= 15 is 0 Å². The SMILES string of the molecule is CN(CC(=O)O)C(=O)N1CCC2C(CCCN2C)C1. The summed E-state index contributed by atoms with van der Waals surface area (Å²) >= 11 is 0. The van der Waals surface area contributed by atoms with Crippen molar-refractivity contribution in [1.29, 1.82) is 0 Å². The van der Waals surface area contributed by atoms with E-state index in [-0.39, 0.29) is 12.6 Å². The molecule has 0 bridgehead atoms. The molecule has 0 aromatic rings. The fourth-order valence-electron chi connectivity index (χ4n) is 3.34. The van der Waals surface area contributed by atoms with Gasteiger partial charge in [0.05, 0.1) is 0 Å². The highest BCUT2D eigenvalue weighted by molar-refractivity contribution is 5.80. The highest BCUT2D eigenvalue weighted by Gasteiger charge is 2.36. The number of carbonyl (C=O) groups is 2. The third-order valence-corrected chi connectivity index (χ3v) is 4.32. The van der Waals surface area contributed by atoms with Gasteiger partial charge in [0.2, 0.25) is 0 Å². The molecule has 2 rings (SSSR count). The Kier molecular flexibility index (Phi) is 4.29. The molecule has 6 nitrogen and oxygen atoms in total. The Labute approximate surface area is 114 Å². The van der Waals surface area contributed by atoms with Crippen LogP contribution >= 0.6 is 0 Å². The smallest absolute Gasteiger partial charge is 0.323 e. The summed E-state index contributed by atoms with van der Waals surface area (Å²) in [5, 5.41) is 8.73. The molecule has 2 heterocycles. The van der Waals surface area contributed by atoms with E-state index < -0.39 is 5.97 Å². The summed E-state index contributed by atoms with van der Waals surface area (Å²) < 4.78 is 0. The van der Waals surface area contributed by atoms with Crippen LogP contribution in [-0.2, 0) is 4.79 Å². The molecule has 108 valence electrons. The molecule has 2 atom stereocenters. The lowest BCUT2D eigenvalue weighted by atomic mass is 9.84. The Morgan fingerprint density at radius 2 is 2.05 bits per heavy atom. The molecule has 0 spiro atoms. The van der Waals surface area contributed by atoms with Crippen molar-refractivity contribution >= 4 is 12.0 Å². The molecule has 2 saturated heterocycles. The quantitative estimate of drug-likeness (QED) is 0.794. The number of likely N-dealkylation sites (tertiary alicyclic amines) is 2. The zero-order valence-electron chi connectivity index (χ0n) is 11.7. The summed E-state index contributed by atoms with van der Waals surface area (Å²) in [5.41, 5.74) is 0. The van der Waals surface area contributed by atoms with Crippen molar-refractivity contribution in [2.24, 2.45) is 5.92 Å². The number of nitrogens with zero attached hydrogens (tertiary/aromatic N) is 3. The molecule has 1 N–H and O–H groups in total. The minimum absolute atomic E-state index is 0.158. The molecule has 0 saturated carbocycles. The zero-order chi connectivity index (χ0) is 14.0. The zero-order valence-corrected chi connectivity index (χ0v) is 11.7. The summed E-state index contributed by atoms with van der Waals surface area (Å²) in [4.78, 5) is 28.3. The predicted molar refractivity (Wildman–Crippen MR) is 71.0 cm³/mol. The summed E-state index contributed by atoms with van der Waals surface area (Å²) in [7, 11) is 3.71. The minimum atomic E-state index is -0.969. The monoisotopic (exact) mass is 269 g/mol. The van der Waals surface area contributed by atoms with Gasteiger partial charge < -0.3 is 19.8 Å². The molecule has 6 heteroatoms. The van der Waals surface area contributed by atoms with Crippen molar-refractivity contribution in [1.82, 2.24) is 14.7 Å². The number of urea groups is 1. The minimum Gasteiger partial charge on any atom is -0.480 e. The molecule has 0 radical (unpaired) electrons. The van der Waals surface area contributed by atoms with Crippen LogP contribution < -0.4 is 0 Å². The Morgan fingerprint density at radius 1 is 1.32 bits per heavy atom. The van der Waals surface area contributed by atoms with Crippen LogP contribution in [0.3, 0.4) is 0 Å². The van der Waals surface area contributed by atoms with Gasteiger partial charge in [-0.15, -0.1) is 0 Å². The molecule has 0 aromatic carbocycles. The number of hydrogen-bond donors (Lipinski definition) is 1. The molecule has 0 aliphatic carbocycles. The van der Waals surface area contributed by atoms with E-state index in [1.165, 1.54) is 17.7 Å². The van der Waals surface area contributed by atoms with Crippen LogP contribution in [0.25, 0.3) is 0 Å². The largest absolute Gasteiger partial charge is 0.480 e. The molecular weight excluding hydrogens is 246 g/mol. The second-order valence-electron chi connectivity index (χ2n) is 5.72. The number of carboxylic acids is 1. The van der Waals surface area contributed by atoms with Crippen LogP contribution in [0.4, 0.5) is 4.79 Å². The number of fused-ring (bicyclic) bond motifs is 1. The lowest BCUT2D eigenvalue weighted by Gasteiger charge is -2.46. The van der Waals surface area contributed by atoms with Crippen LogP contribution in [0, 0.1) is 5.92 Å². The van der Waals surface area contributed by atoms with E-state index in [1.807, 2.05) is 4.90 Å². The lowest BCUT2D eigenvalue weighted by molar-refractivity contribution is -0.137. The number of hydrogen-bond acceptors (Lipinski definition) is 3. The number of carboxylic acid groups (broad SMARTS) is 1. The van der Waals surface area contributed by atoms with Crippen molar-refractivity contribution in [2.75, 3.05) is 40.3 Å².